The Hall–Kier alpha value is -3.41. The molecule has 0 aliphatic heterocycles. The zero-order valence-electron chi connectivity index (χ0n) is 44.6. The van der Waals surface area contributed by atoms with E-state index in [-0.39, 0.29) is 37.5 Å². The van der Waals surface area contributed by atoms with Gasteiger partial charge in [0, 0.05) is 19.3 Å². The smallest absolute Gasteiger partial charge is 0.306 e. The molecule has 0 N–H and O–H groups in total. The molecule has 0 fully saturated rings. The first kappa shape index (κ1) is 64.6. The van der Waals surface area contributed by atoms with Crippen LogP contribution in [-0.4, -0.2) is 37.2 Å². The van der Waals surface area contributed by atoms with Crippen molar-refractivity contribution >= 4 is 17.9 Å². The van der Waals surface area contributed by atoms with E-state index in [0.717, 1.165) is 103 Å². The third kappa shape index (κ3) is 53.5. The van der Waals surface area contributed by atoms with E-state index in [4.69, 9.17) is 14.2 Å². The second-order valence-corrected chi connectivity index (χ2v) is 18.8. The fraction of sp³-hybridized carbons (Fsp3) is 0.726. The minimum Gasteiger partial charge on any atom is -0.462 e. The third-order valence-corrected chi connectivity index (χ3v) is 12.1. The van der Waals surface area contributed by atoms with Crippen molar-refractivity contribution in [2.45, 2.75) is 277 Å². The molecule has 0 aromatic carbocycles. The normalized spacial score (nSPS) is 12.7. The standard InChI is InChI=1S/C62H106O6/c1-4-7-10-13-16-19-22-24-26-28-30-31-33-34-36-38-40-43-46-49-52-55-61(64)67-58-59(57-66-60(63)54-51-48-45-42-21-18-15-12-9-6-3)68-62(65)56-53-50-47-44-41-39-37-35-32-29-27-25-23-20-17-14-11-8-5-2/h8,11,17,20,22,24-25,27-28,30,32,35,39,41,59H,4-7,9-10,12-16,18-19,21,23,26,29,31,33-34,36-38,40,42-58H2,1-3H3/b11-8-,20-17-,24-22-,27-25-,30-28-,35-32-,41-39-. The number of esters is 3. The summed E-state index contributed by atoms with van der Waals surface area (Å²) in [6.07, 6.45) is 72.9. The van der Waals surface area contributed by atoms with Gasteiger partial charge in [0.2, 0.25) is 0 Å². The Bertz CT molecular complexity index is 1320. The van der Waals surface area contributed by atoms with Crippen LogP contribution >= 0.6 is 0 Å². The number of carbonyl (C=O) groups excluding carboxylic acids is 3. The maximum absolute atomic E-state index is 12.8. The number of unbranched alkanes of at least 4 members (excludes halogenated alkanes) is 26. The molecule has 0 aromatic heterocycles. The number of allylic oxidation sites excluding steroid dienone is 14. The van der Waals surface area contributed by atoms with Crippen molar-refractivity contribution in [3.05, 3.63) is 85.1 Å². The van der Waals surface area contributed by atoms with E-state index in [2.05, 4.69) is 106 Å². The Balaban J connectivity index is 4.37. The van der Waals surface area contributed by atoms with Gasteiger partial charge in [-0.15, -0.1) is 0 Å². The molecule has 0 rings (SSSR count). The fourth-order valence-electron chi connectivity index (χ4n) is 7.85. The molecule has 6 heteroatoms. The second-order valence-electron chi connectivity index (χ2n) is 18.8. The van der Waals surface area contributed by atoms with Gasteiger partial charge >= 0.3 is 17.9 Å². The lowest BCUT2D eigenvalue weighted by atomic mass is 10.1. The van der Waals surface area contributed by atoms with Gasteiger partial charge in [0.15, 0.2) is 6.10 Å². The summed E-state index contributed by atoms with van der Waals surface area (Å²) in [5, 5.41) is 0. The highest BCUT2D eigenvalue weighted by molar-refractivity contribution is 5.71. The zero-order valence-corrected chi connectivity index (χ0v) is 44.6. The highest BCUT2D eigenvalue weighted by atomic mass is 16.6. The SMILES string of the molecule is CC/C=C\C/C=C\C/C=C\C/C=C\C/C=C\CCCCCC(=O)OC(COC(=O)CCCCCCCCCCCC)COC(=O)CCCCCCCCCCC/C=C\C/C=C\CCCCCCC. The van der Waals surface area contributed by atoms with Crippen LogP contribution in [0.15, 0.2) is 85.1 Å². The van der Waals surface area contributed by atoms with Crippen LogP contribution in [0.3, 0.4) is 0 Å². The highest BCUT2D eigenvalue weighted by Gasteiger charge is 2.19. The molecule has 0 aromatic rings. The zero-order chi connectivity index (χ0) is 49.3. The first-order valence-corrected chi connectivity index (χ1v) is 28.6. The van der Waals surface area contributed by atoms with Crippen LogP contribution in [0.5, 0.6) is 0 Å². The van der Waals surface area contributed by atoms with Crippen molar-refractivity contribution in [2.75, 3.05) is 13.2 Å². The molecular weight excluding hydrogens is 841 g/mol. The topological polar surface area (TPSA) is 78.9 Å². The van der Waals surface area contributed by atoms with Gasteiger partial charge in [-0.05, 0) is 96.3 Å². The quantitative estimate of drug-likeness (QED) is 0.0262. The Labute approximate surface area is 420 Å². The first-order chi connectivity index (χ1) is 33.5. The number of hydrogen-bond acceptors (Lipinski definition) is 6. The predicted molar refractivity (Wildman–Crippen MR) is 293 cm³/mol. The van der Waals surface area contributed by atoms with E-state index >= 15 is 0 Å². The summed E-state index contributed by atoms with van der Waals surface area (Å²) in [6, 6.07) is 0. The van der Waals surface area contributed by atoms with Crippen molar-refractivity contribution in [3.8, 4) is 0 Å². The van der Waals surface area contributed by atoms with Crippen LogP contribution in [-0.2, 0) is 28.6 Å². The average Bonchev–Trinajstić information content (AvgIpc) is 3.34. The monoisotopic (exact) mass is 947 g/mol. The molecule has 0 amide bonds. The van der Waals surface area contributed by atoms with Crippen molar-refractivity contribution in [1.29, 1.82) is 0 Å². The molecule has 0 saturated heterocycles. The lowest BCUT2D eigenvalue weighted by Crippen LogP contribution is -2.30. The van der Waals surface area contributed by atoms with E-state index < -0.39 is 6.10 Å². The van der Waals surface area contributed by atoms with Crippen LogP contribution in [0.4, 0.5) is 0 Å². The van der Waals surface area contributed by atoms with Crippen LogP contribution in [0.2, 0.25) is 0 Å². The Morgan fingerprint density at radius 2 is 0.574 bits per heavy atom. The summed E-state index contributed by atoms with van der Waals surface area (Å²) in [5.74, 6) is -0.923. The van der Waals surface area contributed by atoms with Gasteiger partial charge in [-0.3, -0.25) is 14.4 Å². The second kappa shape index (κ2) is 56.2. The third-order valence-electron chi connectivity index (χ3n) is 12.1. The van der Waals surface area contributed by atoms with Gasteiger partial charge in [0.25, 0.3) is 0 Å². The van der Waals surface area contributed by atoms with E-state index in [1.807, 2.05) is 0 Å². The van der Waals surface area contributed by atoms with E-state index in [1.54, 1.807) is 0 Å². The molecule has 0 aliphatic carbocycles. The summed E-state index contributed by atoms with van der Waals surface area (Å²) < 4.78 is 16.8. The van der Waals surface area contributed by atoms with E-state index in [0.29, 0.717) is 12.8 Å². The van der Waals surface area contributed by atoms with Gasteiger partial charge in [0.1, 0.15) is 13.2 Å². The van der Waals surface area contributed by atoms with Gasteiger partial charge in [0.05, 0.1) is 0 Å². The summed E-state index contributed by atoms with van der Waals surface area (Å²) >= 11 is 0. The Kier molecular flexibility index (Phi) is 53.4. The molecular formula is C62H106O6. The predicted octanol–water partition coefficient (Wildman–Crippen LogP) is 19.2. The van der Waals surface area contributed by atoms with Crippen molar-refractivity contribution in [1.82, 2.24) is 0 Å². The lowest BCUT2D eigenvalue weighted by molar-refractivity contribution is -0.167. The van der Waals surface area contributed by atoms with Crippen molar-refractivity contribution < 1.29 is 28.6 Å². The van der Waals surface area contributed by atoms with Gasteiger partial charge in [-0.25, -0.2) is 0 Å². The number of hydrogen-bond donors (Lipinski definition) is 0. The minimum absolute atomic E-state index is 0.0899. The lowest BCUT2D eigenvalue weighted by Gasteiger charge is -2.18. The van der Waals surface area contributed by atoms with Crippen molar-refractivity contribution in [3.63, 3.8) is 0 Å². The summed E-state index contributed by atoms with van der Waals surface area (Å²) in [5.41, 5.74) is 0. The molecule has 0 radical (unpaired) electrons. The molecule has 1 atom stereocenters. The maximum atomic E-state index is 12.8. The van der Waals surface area contributed by atoms with Gasteiger partial charge in [-0.2, -0.15) is 0 Å². The minimum atomic E-state index is -0.794. The summed E-state index contributed by atoms with van der Waals surface area (Å²) in [4.78, 5) is 38.1. The summed E-state index contributed by atoms with van der Waals surface area (Å²) in [7, 11) is 0. The molecule has 0 aliphatic rings. The molecule has 0 heterocycles. The molecule has 0 saturated carbocycles. The maximum Gasteiger partial charge on any atom is 0.306 e. The van der Waals surface area contributed by atoms with Gasteiger partial charge in [-0.1, -0.05) is 241 Å². The Morgan fingerprint density at radius 1 is 0.309 bits per heavy atom. The van der Waals surface area contributed by atoms with Crippen molar-refractivity contribution in [2.24, 2.45) is 0 Å². The van der Waals surface area contributed by atoms with E-state index in [1.165, 1.54) is 128 Å². The van der Waals surface area contributed by atoms with Crippen LogP contribution in [0, 0.1) is 0 Å². The molecule has 68 heavy (non-hydrogen) atoms. The molecule has 0 spiro atoms. The molecule has 0 bridgehead atoms. The average molecular weight is 948 g/mol. The fourth-order valence-corrected chi connectivity index (χ4v) is 7.85. The van der Waals surface area contributed by atoms with E-state index in [9.17, 15) is 14.4 Å². The van der Waals surface area contributed by atoms with Gasteiger partial charge < -0.3 is 14.2 Å². The Morgan fingerprint density at radius 3 is 0.912 bits per heavy atom. The number of ether oxygens (including phenoxy) is 3. The van der Waals surface area contributed by atoms with Crippen LogP contribution in [0.25, 0.3) is 0 Å². The summed E-state index contributed by atoms with van der Waals surface area (Å²) in [6.45, 7) is 6.48. The molecule has 1 unspecified atom stereocenters. The first-order valence-electron chi connectivity index (χ1n) is 28.6. The van der Waals surface area contributed by atoms with Crippen LogP contribution in [0.1, 0.15) is 271 Å². The molecule has 6 nitrogen and oxygen atoms in total. The number of rotatable bonds is 51. The molecule has 390 valence electrons. The largest absolute Gasteiger partial charge is 0.462 e. The highest BCUT2D eigenvalue weighted by Crippen LogP contribution is 2.15. The van der Waals surface area contributed by atoms with Crippen LogP contribution < -0.4 is 0 Å². The number of carbonyl (C=O) groups is 3.